The molecule has 3 heterocycles. The van der Waals surface area contributed by atoms with E-state index in [1.807, 2.05) is 26.0 Å². The molecule has 0 spiro atoms. The van der Waals surface area contributed by atoms with Gasteiger partial charge in [0.25, 0.3) is 5.91 Å². The molecule has 3 aromatic rings. The molecule has 1 atom stereocenters. The Bertz CT molecular complexity index is 1010. The lowest BCUT2D eigenvalue weighted by Gasteiger charge is -2.26. The summed E-state index contributed by atoms with van der Waals surface area (Å²) in [6, 6.07) is 8.80. The molecule has 7 nitrogen and oxygen atoms in total. The quantitative estimate of drug-likeness (QED) is 0.671. The molecule has 1 saturated heterocycles. The van der Waals surface area contributed by atoms with E-state index in [1.54, 1.807) is 19.5 Å². The van der Waals surface area contributed by atoms with Crippen LogP contribution in [0.3, 0.4) is 0 Å². The molecule has 2 N–H and O–H groups in total. The molecule has 1 fully saturated rings. The van der Waals surface area contributed by atoms with Crippen molar-refractivity contribution in [1.29, 1.82) is 0 Å². The van der Waals surface area contributed by atoms with Gasteiger partial charge in [-0.1, -0.05) is 12.1 Å². The Labute approximate surface area is 170 Å². The van der Waals surface area contributed by atoms with Crippen LogP contribution in [0, 0.1) is 0 Å². The van der Waals surface area contributed by atoms with Gasteiger partial charge in [-0.25, -0.2) is 9.97 Å². The zero-order valence-corrected chi connectivity index (χ0v) is 17.1. The molecular formula is C22H27N5O2. The van der Waals surface area contributed by atoms with Gasteiger partial charge in [0.15, 0.2) is 5.65 Å². The molecule has 1 unspecified atom stereocenters. The van der Waals surface area contributed by atoms with Crippen molar-refractivity contribution in [3.63, 3.8) is 0 Å². The highest BCUT2D eigenvalue weighted by atomic mass is 16.5. The summed E-state index contributed by atoms with van der Waals surface area (Å²) in [6.07, 6.45) is 5.73. The standard InChI is InChI=1S/C22H27N5O2/c1-14(2)25-22(28)18-11-23-21-20(18)26-19(12-24-21)15-6-4-7-16(10-15)27-9-5-8-17(27)13-29-3/h4,6-7,10-12,14,17H,5,8-9,13H2,1-3H3,(H,23,24)(H,25,28). The number of benzene rings is 1. The number of carbonyl (C=O) groups is 1. The molecule has 0 saturated carbocycles. The highest BCUT2D eigenvalue weighted by Gasteiger charge is 2.25. The van der Waals surface area contributed by atoms with E-state index < -0.39 is 0 Å². The summed E-state index contributed by atoms with van der Waals surface area (Å²) >= 11 is 0. The summed E-state index contributed by atoms with van der Waals surface area (Å²) in [7, 11) is 1.75. The number of carbonyl (C=O) groups excluding carboxylic acids is 1. The van der Waals surface area contributed by atoms with Gasteiger partial charge in [0, 0.05) is 37.1 Å². The van der Waals surface area contributed by atoms with Gasteiger partial charge in [0.2, 0.25) is 0 Å². The van der Waals surface area contributed by atoms with E-state index in [-0.39, 0.29) is 11.9 Å². The Morgan fingerprint density at radius 3 is 3.07 bits per heavy atom. The van der Waals surface area contributed by atoms with Crippen LogP contribution < -0.4 is 10.2 Å². The second-order valence-corrected chi connectivity index (χ2v) is 7.78. The van der Waals surface area contributed by atoms with Crippen molar-refractivity contribution in [2.75, 3.05) is 25.2 Å². The molecule has 0 radical (unpaired) electrons. The molecule has 1 aliphatic rings. The predicted octanol–water partition coefficient (Wildman–Crippen LogP) is 3.38. The molecule has 1 amide bonds. The van der Waals surface area contributed by atoms with Crippen molar-refractivity contribution in [1.82, 2.24) is 20.3 Å². The van der Waals surface area contributed by atoms with Gasteiger partial charge in [-0.2, -0.15) is 0 Å². The van der Waals surface area contributed by atoms with Crippen LogP contribution in [0.25, 0.3) is 22.4 Å². The SMILES string of the molecule is COCC1CCCN1c1cccc(-c2cnc3[nH]cc(C(=O)NC(C)C)c3n2)c1. The molecule has 2 aromatic heterocycles. The second kappa shape index (κ2) is 8.21. The van der Waals surface area contributed by atoms with Crippen molar-refractivity contribution in [2.24, 2.45) is 0 Å². The fourth-order valence-corrected chi connectivity index (χ4v) is 3.93. The minimum Gasteiger partial charge on any atom is -0.383 e. The first-order chi connectivity index (χ1) is 14.1. The van der Waals surface area contributed by atoms with E-state index >= 15 is 0 Å². The van der Waals surface area contributed by atoms with E-state index in [4.69, 9.17) is 9.72 Å². The normalized spacial score (nSPS) is 16.7. The van der Waals surface area contributed by atoms with Crippen molar-refractivity contribution >= 4 is 22.8 Å². The van der Waals surface area contributed by atoms with Gasteiger partial charge >= 0.3 is 0 Å². The lowest BCUT2D eigenvalue weighted by molar-refractivity contribution is 0.0944. The molecule has 4 rings (SSSR count). The molecular weight excluding hydrogens is 366 g/mol. The zero-order valence-electron chi connectivity index (χ0n) is 17.1. The Balaban J connectivity index is 1.67. The van der Waals surface area contributed by atoms with Crippen LogP contribution in [0.4, 0.5) is 5.69 Å². The summed E-state index contributed by atoms with van der Waals surface area (Å²) < 4.78 is 5.39. The lowest BCUT2D eigenvalue weighted by atomic mass is 10.1. The summed E-state index contributed by atoms with van der Waals surface area (Å²) in [5.74, 6) is -0.147. The number of rotatable bonds is 6. The van der Waals surface area contributed by atoms with Gasteiger partial charge in [0.1, 0.15) is 5.52 Å². The van der Waals surface area contributed by atoms with Crippen LogP contribution in [0.5, 0.6) is 0 Å². The molecule has 1 aliphatic heterocycles. The fraction of sp³-hybridized carbons (Fsp3) is 0.409. The predicted molar refractivity (Wildman–Crippen MR) is 114 cm³/mol. The van der Waals surface area contributed by atoms with Crippen molar-refractivity contribution in [3.05, 3.63) is 42.2 Å². The van der Waals surface area contributed by atoms with E-state index in [1.165, 1.54) is 6.42 Å². The summed E-state index contributed by atoms with van der Waals surface area (Å²) in [4.78, 5) is 27.2. The molecule has 29 heavy (non-hydrogen) atoms. The maximum atomic E-state index is 12.5. The third kappa shape index (κ3) is 3.96. The average Bonchev–Trinajstić information content (AvgIpc) is 3.34. The van der Waals surface area contributed by atoms with Crippen LogP contribution in [0.1, 0.15) is 37.0 Å². The Kier molecular flexibility index (Phi) is 5.49. The number of fused-ring (bicyclic) bond motifs is 1. The van der Waals surface area contributed by atoms with E-state index in [0.717, 1.165) is 36.5 Å². The van der Waals surface area contributed by atoms with E-state index in [0.29, 0.717) is 22.8 Å². The van der Waals surface area contributed by atoms with Gasteiger partial charge in [-0.15, -0.1) is 0 Å². The van der Waals surface area contributed by atoms with Crippen LogP contribution in [0.15, 0.2) is 36.7 Å². The van der Waals surface area contributed by atoms with Crippen molar-refractivity contribution in [2.45, 2.75) is 38.8 Å². The van der Waals surface area contributed by atoms with Crippen molar-refractivity contribution < 1.29 is 9.53 Å². The monoisotopic (exact) mass is 393 g/mol. The zero-order chi connectivity index (χ0) is 20.4. The Hall–Kier alpha value is -2.93. The summed E-state index contributed by atoms with van der Waals surface area (Å²) in [5.41, 5.74) is 4.61. The first-order valence-electron chi connectivity index (χ1n) is 10.1. The van der Waals surface area contributed by atoms with Crippen molar-refractivity contribution in [3.8, 4) is 11.3 Å². The number of H-pyrrole nitrogens is 1. The number of amides is 1. The van der Waals surface area contributed by atoms with Gasteiger partial charge in [0.05, 0.1) is 30.1 Å². The van der Waals surface area contributed by atoms with Crippen LogP contribution in [-0.4, -0.2) is 53.2 Å². The van der Waals surface area contributed by atoms with E-state index in [9.17, 15) is 4.79 Å². The molecule has 1 aromatic carbocycles. The Morgan fingerprint density at radius 1 is 1.41 bits per heavy atom. The Morgan fingerprint density at radius 2 is 2.28 bits per heavy atom. The number of hydrogen-bond donors (Lipinski definition) is 2. The highest BCUT2D eigenvalue weighted by molar-refractivity contribution is 6.04. The first-order valence-corrected chi connectivity index (χ1v) is 10.1. The van der Waals surface area contributed by atoms with E-state index in [2.05, 4.69) is 32.3 Å². The second-order valence-electron chi connectivity index (χ2n) is 7.78. The summed E-state index contributed by atoms with van der Waals surface area (Å²) in [5, 5.41) is 2.91. The number of aromatic nitrogens is 3. The van der Waals surface area contributed by atoms with Crippen LogP contribution in [0.2, 0.25) is 0 Å². The number of nitrogens with zero attached hydrogens (tertiary/aromatic N) is 3. The topological polar surface area (TPSA) is 83.1 Å². The van der Waals surface area contributed by atoms with Gasteiger partial charge in [-0.05, 0) is 38.8 Å². The number of nitrogens with one attached hydrogen (secondary N) is 2. The number of aromatic amines is 1. The highest BCUT2D eigenvalue weighted by Crippen LogP contribution is 2.30. The minimum atomic E-state index is -0.147. The number of methoxy groups -OCH3 is 1. The third-order valence-electron chi connectivity index (χ3n) is 5.25. The maximum absolute atomic E-state index is 12.5. The van der Waals surface area contributed by atoms with Gasteiger partial charge < -0.3 is 19.9 Å². The number of hydrogen-bond acceptors (Lipinski definition) is 5. The third-order valence-corrected chi connectivity index (χ3v) is 5.25. The maximum Gasteiger partial charge on any atom is 0.255 e. The molecule has 0 aliphatic carbocycles. The largest absolute Gasteiger partial charge is 0.383 e. The fourth-order valence-electron chi connectivity index (χ4n) is 3.93. The van der Waals surface area contributed by atoms with Crippen LogP contribution in [-0.2, 0) is 4.74 Å². The lowest BCUT2D eigenvalue weighted by Crippen LogP contribution is -2.32. The first kappa shape index (κ1) is 19.4. The number of anilines is 1. The summed E-state index contributed by atoms with van der Waals surface area (Å²) in [6.45, 7) is 5.63. The van der Waals surface area contributed by atoms with Crippen LogP contribution >= 0.6 is 0 Å². The average molecular weight is 393 g/mol. The molecule has 7 heteroatoms. The van der Waals surface area contributed by atoms with Gasteiger partial charge in [-0.3, -0.25) is 4.79 Å². The smallest absolute Gasteiger partial charge is 0.255 e. The molecule has 0 bridgehead atoms. The molecule has 152 valence electrons. The minimum absolute atomic E-state index is 0.0563. The number of ether oxygens (including phenoxy) is 1.